The molecule has 1 amide bonds. The number of aryl methyl sites for hydroxylation is 3. The van der Waals surface area contributed by atoms with Gasteiger partial charge in [-0.3, -0.25) is 9.59 Å². The Morgan fingerprint density at radius 3 is 2.35 bits per heavy atom. The second kappa shape index (κ2) is 12.0. The molecular weight excluding hydrogens is 524 g/mol. The minimum Gasteiger partial charge on any atom is -0.481 e. The van der Waals surface area contributed by atoms with Crippen LogP contribution in [0.4, 0.5) is 5.69 Å². The molecule has 1 fully saturated rings. The first kappa shape index (κ1) is 27.6. The van der Waals surface area contributed by atoms with Crippen LogP contribution in [0.1, 0.15) is 46.4 Å². The van der Waals surface area contributed by atoms with Crippen LogP contribution in [0, 0.1) is 13.8 Å². The van der Waals surface area contributed by atoms with Crippen molar-refractivity contribution >= 4 is 40.2 Å². The molecule has 1 N–H and O–H groups in total. The van der Waals surface area contributed by atoms with Crippen LogP contribution in [0.25, 0.3) is 22.3 Å². The van der Waals surface area contributed by atoms with E-state index in [0.717, 1.165) is 30.0 Å². The average Bonchev–Trinajstić information content (AvgIpc) is 2.96. The smallest absolute Gasteiger partial charge is 0.303 e. The van der Waals surface area contributed by atoms with Crippen molar-refractivity contribution in [2.24, 2.45) is 0 Å². The number of unbranched alkanes of at least 4 members (excludes halogenated alkanes) is 1. The molecular formula is C32H33ClN4O3. The number of carbonyl (C=O) groups is 2. The van der Waals surface area contributed by atoms with E-state index in [1.54, 1.807) is 0 Å². The Balaban J connectivity index is 1.37. The summed E-state index contributed by atoms with van der Waals surface area (Å²) in [6, 6.07) is 19.5. The van der Waals surface area contributed by atoms with Gasteiger partial charge in [0.1, 0.15) is 0 Å². The van der Waals surface area contributed by atoms with Crippen LogP contribution in [0.2, 0.25) is 5.02 Å². The lowest BCUT2D eigenvalue weighted by atomic mass is 10.0. The van der Waals surface area contributed by atoms with Gasteiger partial charge in [-0.1, -0.05) is 35.9 Å². The second-order valence-electron chi connectivity index (χ2n) is 10.4. The topological polar surface area (TPSA) is 86.6 Å². The lowest BCUT2D eigenvalue weighted by molar-refractivity contribution is -0.137. The molecule has 0 atom stereocenters. The molecule has 0 radical (unpaired) electrons. The Morgan fingerprint density at radius 2 is 1.62 bits per heavy atom. The summed E-state index contributed by atoms with van der Waals surface area (Å²) in [5, 5.41) is 9.65. The standard InChI is InChI=1S/C32H33ClN4O3/c1-21-7-8-22(2)29(19-21)36-15-17-37(18-16-36)32(40)24-11-14-26-28(20-24)34-27(5-3-4-6-30(38)39)31(35-26)23-9-12-25(33)13-10-23/h7-14,19-20H,3-6,15-18H2,1-2H3,(H,38,39). The van der Waals surface area contributed by atoms with E-state index in [9.17, 15) is 9.59 Å². The lowest BCUT2D eigenvalue weighted by Gasteiger charge is -2.37. The summed E-state index contributed by atoms with van der Waals surface area (Å²) >= 11 is 6.10. The Kier molecular flexibility index (Phi) is 8.31. The quantitative estimate of drug-likeness (QED) is 0.255. The highest BCUT2D eigenvalue weighted by Crippen LogP contribution is 2.28. The van der Waals surface area contributed by atoms with Crippen LogP contribution in [-0.2, 0) is 11.2 Å². The normalized spacial score (nSPS) is 13.6. The molecule has 1 aliphatic heterocycles. The number of carboxylic acids is 1. The summed E-state index contributed by atoms with van der Waals surface area (Å²) in [6.07, 6.45) is 1.94. The van der Waals surface area contributed by atoms with Crippen molar-refractivity contribution in [3.63, 3.8) is 0 Å². The second-order valence-corrected chi connectivity index (χ2v) is 10.8. The van der Waals surface area contributed by atoms with Gasteiger partial charge in [-0.2, -0.15) is 0 Å². The highest BCUT2D eigenvalue weighted by Gasteiger charge is 2.24. The number of anilines is 1. The van der Waals surface area contributed by atoms with E-state index in [0.29, 0.717) is 54.0 Å². The van der Waals surface area contributed by atoms with Gasteiger partial charge >= 0.3 is 5.97 Å². The molecule has 0 spiro atoms. The van der Waals surface area contributed by atoms with Crippen molar-refractivity contribution in [3.8, 4) is 11.3 Å². The van der Waals surface area contributed by atoms with E-state index < -0.39 is 5.97 Å². The number of carboxylic acid groups (broad SMARTS) is 1. The molecule has 40 heavy (non-hydrogen) atoms. The number of amides is 1. The summed E-state index contributed by atoms with van der Waals surface area (Å²) < 4.78 is 0. The fourth-order valence-corrected chi connectivity index (χ4v) is 5.32. The fourth-order valence-electron chi connectivity index (χ4n) is 5.20. The molecule has 0 saturated carbocycles. The molecule has 4 aromatic rings. The molecule has 5 rings (SSSR count). The Bertz CT molecular complexity index is 1550. The molecule has 2 heterocycles. The van der Waals surface area contributed by atoms with Gasteiger partial charge in [-0.15, -0.1) is 0 Å². The van der Waals surface area contributed by atoms with E-state index in [-0.39, 0.29) is 12.3 Å². The van der Waals surface area contributed by atoms with Crippen LogP contribution >= 0.6 is 11.6 Å². The van der Waals surface area contributed by atoms with E-state index in [1.165, 1.54) is 16.8 Å². The molecule has 8 heteroatoms. The largest absolute Gasteiger partial charge is 0.481 e. The van der Waals surface area contributed by atoms with E-state index in [4.69, 9.17) is 26.7 Å². The van der Waals surface area contributed by atoms with Crippen molar-refractivity contribution in [2.45, 2.75) is 39.5 Å². The van der Waals surface area contributed by atoms with Crippen LogP contribution in [0.3, 0.4) is 0 Å². The zero-order chi connectivity index (χ0) is 28.2. The number of aromatic nitrogens is 2. The maximum atomic E-state index is 13.5. The third-order valence-electron chi connectivity index (χ3n) is 7.43. The number of hydrogen-bond acceptors (Lipinski definition) is 5. The number of hydrogen-bond donors (Lipinski definition) is 1. The SMILES string of the molecule is Cc1ccc(C)c(N2CCN(C(=O)c3ccc4nc(-c5ccc(Cl)cc5)c(CCCCC(=O)O)nc4c3)CC2)c1. The summed E-state index contributed by atoms with van der Waals surface area (Å²) in [5.41, 5.74) is 8.11. The van der Waals surface area contributed by atoms with Crippen molar-refractivity contribution in [1.82, 2.24) is 14.9 Å². The highest BCUT2D eigenvalue weighted by molar-refractivity contribution is 6.30. The number of aliphatic carboxylic acids is 1. The Hall–Kier alpha value is -3.97. The van der Waals surface area contributed by atoms with Crippen LogP contribution in [0.15, 0.2) is 60.7 Å². The molecule has 1 aromatic heterocycles. The molecule has 1 saturated heterocycles. The summed E-state index contributed by atoms with van der Waals surface area (Å²) in [6.45, 7) is 7.11. The van der Waals surface area contributed by atoms with Gasteiger partial charge in [0.2, 0.25) is 0 Å². The third-order valence-corrected chi connectivity index (χ3v) is 7.68. The predicted octanol–water partition coefficient (Wildman–Crippen LogP) is 6.33. The first-order valence-electron chi connectivity index (χ1n) is 13.7. The van der Waals surface area contributed by atoms with Gasteiger partial charge in [0, 0.05) is 54.4 Å². The fraction of sp³-hybridized carbons (Fsp3) is 0.312. The maximum Gasteiger partial charge on any atom is 0.303 e. The highest BCUT2D eigenvalue weighted by atomic mass is 35.5. The molecule has 0 unspecified atom stereocenters. The number of halogens is 1. The number of fused-ring (bicyclic) bond motifs is 1. The van der Waals surface area contributed by atoms with Crippen LogP contribution in [0.5, 0.6) is 0 Å². The van der Waals surface area contributed by atoms with Crippen molar-refractivity contribution < 1.29 is 14.7 Å². The zero-order valence-electron chi connectivity index (χ0n) is 22.9. The molecule has 0 bridgehead atoms. The molecule has 0 aliphatic carbocycles. The van der Waals surface area contributed by atoms with Gasteiger partial charge in [0.05, 0.1) is 22.4 Å². The zero-order valence-corrected chi connectivity index (χ0v) is 23.6. The van der Waals surface area contributed by atoms with Gasteiger partial charge in [0.15, 0.2) is 0 Å². The lowest BCUT2D eigenvalue weighted by Crippen LogP contribution is -2.49. The summed E-state index contributed by atoms with van der Waals surface area (Å²) in [7, 11) is 0. The first-order chi connectivity index (χ1) is 19.3. The van der Waals surface area contributed by atoms with E-state index in [1.807, 2.05) is 47.4 Å². The number of rotatable bonds is 8. The van der Waals surface area contributed by atoms with Gasteiger partial charge in [0.25, 0.3) is 5.91 Å². The van der Waals surface area contributed by atoms with Gasteiger partial charge in [-0.25, -0.2) is 9.97 Å². The number of benzene rings is 3. The number of nitrogens with zero attached hydrogens (tertiary/aromatic N) is 4. The van der Waals surface area contributed by atoms with Crippen molar-refractivity contribution in [2.75, 3.05) is 31.1 Å². The predicted molar refractivity (Wildman–Crippen MR) is 159 cm³/mol. The number of carbonyl (C=O) groups excluding carboxylic acids is 1. The average molecular weight is 557 g/mol. The maximum absolute atomic E-state index is 13.5. The summed E-state index contributed by atoms with van der Waals surface area (Å²) in [5.74, 6) is -0.811. The molecule has 206 valence electrons. The Labute approximate surface area is 239 Å². The minimum absolute atomic E-state index is 0.00546. The monoisotopic (exact) mass is 556 g/mol. The minimum atomic E-state index is -0.805. The first-order valence-corrected chi connectivity index (χ1v) is 14.1. The van der Waals surface area contributed by atoms with E-state index in [2.05, 4.69) is 36.9 Å². The van der Waals surface area contributed by atoms with E-state index >= 15 is 0 Å². The summed E-state index contributed by atoms with van der Waals surface area (Å²) in [4.78, 5) is 38.6. The molecule has 3 aromatic carbocycles. The molecule has 7 nitrogen and oxygen atoms in total. The Morgan fingerprint density at radius 1 is 0.875 bits per heavy atom. The molecule has 1 aliphatic rings. The van der Waals surface area contributed by atoms with Crippen molar-refractivity contribution in [3.05, 3.63) is 88.1 Å². The van der Waals surface area contributed by atoms with Gasteiger partial charge in [-0.05, 0) is 80.6 Å². The van der Waals surface area contributed by atoms with Gasteiger partial charge < -0.3 is 14.9 Å². The van der Waals surface area contributed by atoms with Crippen LogP contribution in [-0.4, -0.2) is 58.0 Å². The number of piperazine rings is 1. The van der Waals surface area contributed by atoms with Crippen molar-refractivity contribution in [1.29, 1.82) is 0 Å². The van der Waals surface area contributed by atoms with Crippen LogP contribution < -0.4 is 4.90 Å². The third kappa shape index (κ3) is 6.26.